The Hall–Kier alpha value is -3.19. The highest BCUT2D eigenvalue weighted by molar-refractivity contribution is 7.99. The fourth-order valence-electron chi connectivity index (χ4n) is 2.81. The number of nitrogens with zero attached hydrogens (tertiary/aromatic N) is 4. The molecular formula is C20H17N5OS. The van der Waals surface area contributed by atoms with Crippen LogP contribution in [-0.2, 0) is 11.8 Å². The lowest BCUT2D eigenvalue weighted by atomic mass is 10.1. The van der Waals surface area contributed by atoms with Crippen molar-refractivity contribution in [3.8, 4) is 11.5 Å². The third-order valence-electron chi connectivity index (χ3n) is 4.12. The van der Waals surface area contributed by atoms with E-state index in [1.54, 1.807) is 6.20 Å². The van der Waals surface area contributed by atoms with Crippen molar-refractivity contribution >= 4 is 34.1 Å². The van der Waals surface area contributed by atoms with E-state index in [9.17, 15) is 4.79 Å². The molecule has 7 heteroatoms. The van der Waals surface area contributed by atoms with Gasteiger partial charge in [-0.1, -0.05) is 54.2 Å². The van der Waals surface area contributed by atoms with Gasteiger partial charge in [0.25, 0.3) is 0 Å². The maximum absolute atomic E-state index is 12.4. The molecule has 4 rings (SSSR count). The Morgan fingerprint density at radius 2 is 1.85 bits per heavy atom. The Morgan fingerprint density at radius 1 is 1.04 bits per heavy atom. The van der Waals surface area contributed by atoms with E-state index >= 15 is 0 Å². The summed E-state index contributed by atoms with van der Waals surface area (Å²) in [6, 6.07) is 19.5. The van der Waals surface area contributed by atoms with E-state index in [1.165, 1.54) is 11.8 Å². The van der Waals surface area contributed by atoms with Gasteiger partial charge in [-0.3, -0.25) is 9.78 Å². The SMILES string of the molecule is Cn1c(SCC(=O)Nc2cccc3ccccc23)nnc1-c1ccccn1. The predicted octanol–water partition coefficient (Wildman–Crippen LogP) is 3.76. The van der Waals surface area contributed by atoms with E-state index in [0.29, 0.717) is 11.0 Å². The lowest BCUT2D eigenvalue weighted by Crippen LogP contribution is -2.14. The van der Waals surface area contributed by atoms with E-state index in [4.69, 9.17) is 0 Å². The molecule has 1 amide bonds. The number of aromatic nitrogens is 4. The number of fused-ring (bicyclic) bond motifs is 1. The van der Waals surface area contributed by atoms with Crippen molar-refractivity contribution in [2.24, 2.45) is 7.05 Å². The topological polar surface area (TPSA) is 72.7 Å². The van der Waals surface area contributed by atoms with Crippen LogP contribution in [0.5, 0.6) is 0 Å². The molecule has 0 aliphatic carbocycles. The number of nitrogens with one attached hydrogen (secondary N) is 1. The lowest BCUT2D eigenvalue weighted by Gasteiger charge is -2.08. The predicted molar refractivity (Wildman–Crippen MR) is 108 cm³/mol. The average Bonchev–Trinajstić information content (AvgIpc) is 3.08. The number of amides is 1. The zero-order valence-corrected chi connectivity index (χ0v) is 15.5. The highest BCUT2D eigenvalue weighted by atomic mass is 32.2. The van der Waals surface area contributed by atoms with Crippen LogP contribution in [0.25, 0.3) is 22.3 Å². The second-order valence-corrected chi connectivity index (χ2v) is 6.89. The number of hydrogen-bond acceptors (Lipinski definition) is 5. The first-order valence-corrected chi connectivity index (χ1v) is 9.42. The lowest BCUT2D eigenvalue weighted by molar-refractivity contribution is -0.113. The minimum atomic E-state index is -0.0845. The summed E-state index contributed by atoms with van der Waals surface area (Å²) in [5.74, 6) is 0.837. The van der Waals surface area contributed by atoms with Gasteiger partial charge in [-0.2, -0.15) is 0 Å². The van der Waals surface area contributed by atoms with E-state index in [2.05, 4.69) is 20.5 Å². The van der Waals surface area contributed by atoms with Crippen molar-refractivity contribution in [1.29, 1.82) is 0 Å². The van der Waals surface area contributed by atoms with Crippen LogP contribution in [0.2, 0.25) is 0 Å². The number of carbonyl (C=O) groups excluding carboxylic acids is 1. The molecule has 27 heavy (non-hydrogen) atoms. The summed E-state index contributed by atoms with van der Waals surface area (Å²) in [4.78, 5) is 16.7. The molecule has 0 spiro atoms. The third kappa shape index (κ3) is 3.68. The Morgan fingerprint density at radius 3 is 2.70 bits per heavy atom. The smallest absolute Gasteiger partial charge is 0.234 e. The first kappa shape index (κ1) is 17.2. The summed E-state index contributed by atoms with van der Waals surface area (Å²) in [6.07, 6.45) is 1.72. The molecule has 0 unspecified atom stereocenters. The number of carbonyl (C=O) groups is 1. The minimum absolute atomic E-state index is 0.0845. The van der Waals surface area contributed by atoms with E-state index in [0.717, 1.165) is 22.2 Å². The Bertz CT molecular complexity index is 1090. The van der Waals surface area contributed by atoms with E-state index in [-0.39, 0.29) is 11.7 Å². The minimum Gasteiger partial charge on any atom is -0.325 e. The van der Waals surface area contributed by atoms with Crippen LogP contribution in [0.3, 0.4) is 0 Å². The Balaban J connectivity index is 1.45. The standard InChI is InChI=1S/C20H17N5OS/c1-25-19(17-10-4-5-12-21-17)23-24-20(25)27-13-18(26)22-16-11-6-8-14-7-2-3-9-15(14)16/h2-12H,13H2,1H3,(H,22,26). The van der Waals surface area contributed by atoms with Gasteiger partial charge >= 0.3 is 0 Å². The zero-order chi connectivity index (χ0) is 18.6. The van der Waals surface area contributed by atoms with Gasteiger partial charge in [-0.25, -0.2) is 0 Å². The highest BCUT2D eigenvalue weighted by Gasteiger charge is 2.14. The fourth-order valence-corrected chi connectivity index (χ4v) is 3.52. The number of pyridine rings is 1. The molecule has 2 aromatic heterocycles. The van der Waals surface area contributed by atoms with Gasteiger partial charge in [0, 0.05) is 24.3 Å². The Labute approximate surface area is 160 Å². The fraction of sp³-hybridized carbons (Fsp3) is 0.100. The van der Waals surface area contributed by atoms with Crippen LogP contribution in [0.1, 0.15) is 0 Å². The van der Waals surface area contributed by atoms with Gasteiger partial charge in [0.05, 0.1) is 5.75 Å². The van der Waals surface area contributed by atoms with Gasteiger partial charge in [0.1, 0.15) is 5.69 Å². The van der Waals surface area contributed by atoms with Gasteiger partial charge in [-0.15, -0.1) is 10.2 Å². The molecule has 0 aliphatic rings. The highest BCUT2D eigenvalue weighted by Crippen LogP contribution is 2.24. The van der Waals surface area contributed by atoms with Crippen LogP contribution in [0, 0.1) is 0 Å². The summed E-state index contributed by atoms with van der Waals surface area (Å²) < 4.78 is 1.85. The Kier molecular flexibility index (Phi) is 4.84. The van der Waals surface area contributed by atoms with Crippen LogP contribution < -0.4 is 5.32 Å². The van der Waals surface area contributed by atoms with E-state index in [1.807, 2.05) is 72.3 Å². The third-order valence-corrected chi connectivity index (χ3v) is 5.15. The largest absolute Gasteiger partial charge is 0.325 e. The molecule has 2 aromatic carbocycles. The van der Waals surface area contributed by atoms with Crippen molar-refractivity contribution < 1.29 is 4.79 Å². The molecule has 134 valence electrons. The van der Waals surface area contributed by atoms with Gasteiger partial charge < -0.3 is 9.88 Å². The maximum atomic E-state index is 12.4. The molecule has 0 bridgehead atoms. The zero-order valence-electron chi connectivity index (χ0n) is 14.7. The summed E-state index contributed by atoms with van der Waals surface area (Å²) in [6.45, 7) is 0. The number of anilines is 1. The second kappa shape index (κ2) is 7.59. The molecule has 0 saturated heterocycles. The molecule has 0 aliphatic heterocycles. The summed E-state index contributed by atoms with van der Waals surface area (Å²) in [5.41, 5.74) is 1.56. The molecule has 2 heterocycles. The molecule has 6 nitrogen and oxygen atoms in total. The van der Waals surface area contributed by atoms with Crippen molar-refractivity contribution in [3.63, 3.8) is 0 Å². The molecular weight excluding hydrogens is 358 g/mol. The van der Waals surface area contributed by atoms with Crippen molar-refractivity contribution in [3.05, 3.63) is 66.9 Å². The quantitative estimate of drug-likeness (QED) is 0.538. The monoisotopic (exact) mass is 375 g/mol. The number of rotatable bonds is 5. The van der Waals surface area contributed by atoms with Crippen molar-refractivity contribution in [2.75, 3.05) is 11.1 Å². The summed E-state index contributed by atoms with van der Waals surface area (Å²) in [5, 5.41) is 14.1. The number of benzene rings is 2. The first-order valence-electron chi connectivity index (χ1n) is 8.43. The number of hydrogen-bond donors (Lipinski definition) is 1. The van der Waals surface area contributed by atoms with Crippen molar-refractivity contribution in [2.45, 2.75) is 5.16 Å². The van der Waals surface area contributed by atoms with Crippen LogP contribution in [0.15, 0.2) is 72.0 Å². The van der Waals surface area contributed by atoms with Crippen LogP contribution in [0.4, 0.5) is 5.69 Å². The molecule has 1 N–H and O–H groups in total. The first-order chi connectivity index (χ1) is 13.2. The second-order valence-electron chi connectivity index (χ2n) is 5.94. The molecule has 0 atom stereocenters. The maximum Gasteiger partial charge on any atom is 0.234 e. The average molecular weight is 375 g/mol. The van der Waals surface area contributed by atoms with E-state index < -0.39 is 0 Å². The summed E-state index contributed by atoms with van der Waals surface area (Å²) in [7, 11) is 1.87. The molecule has 0 saturated carbocycles. The van der Waals surface area contributed by atoms with Crippen molar-refractivity contribution in [1.82, 2.24) is 19.7 Å². The number of thioether (sulfide) groups is 1. The van der Waals surface area contributed by atoms with Gasteiger partial charge in [-0.05, 0) is 23.6 Å². The molecule has 4 aromatic rings. The molecule has 0 fully saturated rings. The molecule has 0 radical (unpaired) electrons. The van der Waals surface area contributed by atoms with Crippen LogP contribution >= 0.6 is 11.8 Å². The summed E-state index contributed by atoms with van der Waals surface area (Å²) >= 11 is 1.34. The van der Waals surface area contributed by atoms with Crippen LogP contribution in [-0.4, -0.2) is 31.4 Å². The van der Waals surface area contributed by atoms with Gasteiger partial charge in [0.2, 0.25) is 5.91 Å². The van der Waals surface area contributed by atoms with Gasteiger partial charge in [0.15, 0.2) is 11.0 Å². The normalized spacial score (nSPS) is 10.9.